The predicted molar refractivity (Wildman–Crippen MR) is 113 cm³/mol. The molecule has 0 aliphatic carbocycles. The molecule has 0 bridgehead atoms. The molecule has 0 unspecified atom stereocenters. The maximum atomic E-state index is 11.7. The first-order valence-electron chi connectivity index (χ1n) is 9.08. The number of nitrogens with one attached hydrogen (secondary N) is 3. The van der Waals surface area contributed by atoms with Crippen LogP contribution in [-0.2, 0) is 9.53 Å². The molecule has 2 amide bonds. The van der Waals surface area contributed by atoms with Gasteiger partial charge < -0.3 is 32.2 Å². The molecule has 0 aromatic carbocycles. The Morgan fingerprint density at radius 2 is 2.10 bits per heavy atom. The number of carbonyl (C=O) groups excluding carboxylic acids is 2. The fourth-order valence-electron chi connectivity index (χ4n) is 2.65. The van der Waals surface area contributed by atoms with E-state index < -0.39 is 17.9 Å². The third-order valence-corrected chi connectivity index (χ3v) is 4.38. The van der Waals surface area contributed by atoms with Gasteiger partial charge in [0, 0.05) is 25.3 Å². The fraction of sp³-hybridized carbons (Fsp3) is 0.471. The molecule has 29 heavy (non-hydrogen) atoms. The van der Waals surface area contributed by atoms with E-state index in [9.17, 15) is 9.59 Å². The van der Waals surface area contributed by atoms with Crippen molar-refractivity contribution in [3.8, 4) is 0 Å². The minimum Gasteiger partial charge on any atom is -0.379 e. The number of ether oxygens (including phenoxy) is 1. The van der Waals surface area contributed by atoms with Crippen molar-refractivity contribution in [3.63, 3.8) is 0 Å². The zero-order chi connectivity index (χ0) is 21.4. The molecule has 12 heteroatoms. The summed E-state index contributed by atoms with van der Waals surface area (Å²) in [6.07, 6.45) is 3.26. The molecule has 1 atom stereocenters. The Labute approximate surface area is 174 Å². The number of nitrogens with two attached hydrogens (primary N) is 2. The molecule has 0 saturated carbocycles. The maximum Gasteiger partial charge on any atom is 0.271 e. The van der Waals surface area contributed by atoms with Crippen LogP contribution in [0.5, 0.6) is 0 Å². The molecule has 0 radical (unpaired) electrons. The van der Waals surface area contributed by atoms with Gasteiger partial charge in [0.1, 0.15) is 11.9 Å². The van der Waals surface area contributed by atoms with E-state index in [1.54, 1.807) is 6.92 Å². The van der Waals surface area contributed by atoms with Gasteiger partial charge >= 0.3 is 0 Å². The third-order valence-electron chi connectivity index (χ3n) is 4.13. The van der Waals surface area contributed by atoms with E-state index in [2.05, 4.69) is 38.1 Å². The van der Waals surface area contributed by atoms with Gasteiger partial charge in [0.25, 0.3) is 5.91 Å². The van der Waals surface area contributed by atoms with Gasteiger partial charge in [-0.1, -0.05) is 6.92 Å². The predicted octanol–water partition coefficient (Wildman–Crippen LogP) is -0.214. The topological polar surface area (TPSA) is 172 Å². The molecule has 158 valence electrons. The van der Waals surface area contributed by atoms with Crippen LogP contribution in [0.3, 0.4) is 0 Å². The van der Waals surface area contributed by atoms with Gasteiger partial charge in [0.15, 0.2) is 11.5 Å². The summed E-state index contributed by atoms with van der Waals surface area (Å²) in [5.41, 5.74) is 10.9. The third kappa shape index (κ3) is 7.00. The van der Waals surface area contributed by atoms with E-state index >= 15 is 0 Å². The minimum atomic E-state index is -0.780. The van der Waals surface area contributed by atoms with Crippen molar-refractivity contribution in [2.45, 2.75) is 19.4 Å². The van der Waals surface area contributed by atoms with Crippen molar-refractivity contribution in [3.05, 3.63) is 23.0 Å². The van der Waals surface area contributed by atoms with E-state index in [1.165, 1.54) is 12.3 Å². The maximum absolute atomic E-state index is 11.7. The molecule has 1 aliphatic rings. The zero-order valence-electron chi connectivity index (χ0n) is 16.1. The second-order valence-electron chi connectivity index (χ2n) is 6.39. The van der Waals surface area contributed by atoms with Crippen LogP contribution in [0, 0.1) is 5.41 Å². The van der Waals surface area contributed by atoms with Crippen LogP contribution in [0.1, 0.15) is 23.8 Å². The molecule has 7 N–H and O–H groups in total. The second kappa shape index (κ2) is 10.7. The average molecular weight is 423 g/mol. The Morgan fingerprint density at radius 3 is 2.69 bits per heavy atom. The van der Waals surface area contributed by atoms with E-state index in [-0.39, 0.29) is 17.3 Å². The SMILES string of the molecule is CC[C@@H](Nc1cnc(C(N)=O)c(N/C(S)=C/C(=N)CN2CCOCC2)n1)C(N)=O. The molecule has 0 spiro atoms. The first-order valence-corrected chi connectivity index (χ1v) is 9.52. The van der Waals surface area contributed by atoms with Gasteiger partial charge in [0.05, 0.1) is 24.4 Å². The first kappa shape index (κ1) is 22.6. The highest BCUT2D eigenvalue weighted by Crippen LogP contribution is 2.17. The number of hydrogen-bond acceptors (Lipinski definition) is 10. The standard InChI is InChI=1S/C17H26N8O3S/c1-2-11(15(19)26)22-12-8-21-14(16(20)27)17(23-12)24-13(29)7-10(18)9-25-3-5-28-6-4-25/h7-8,11,18,29H,2-6,9H2,1H3,(H2,19,26)(H2,20,27)(H2,22,23,24)/b13-7-,18-10?/t11-/m1/s1. The van der Waals surface area contributed by atoms with Gasteiger partial charge in [-0.15, -0.1) is 12.6 Å². The molecule has 1 fully saturated rings. The summed E-state index contributed by atoms with van der Waals surface area (Å²) in [6.45, 7) is 5.04. The van der Waals surface area contributed by atoms with Crippen molar-refractivity contribution in [2.75, 3.05) is 43.5 Å². The van der Waals surface area contributed by atoms with Crippen molar-refractivity contribution < 1.29 is 14.3 Å². The van der Waals surface area contributed by atoms with Gasteiger partial charge in [0.2, 0.25) is 5.91 Å². The second-order valence-corrected chi connectivity index (χ2v) is 6.87. The number of amides is 2. The lowest BCUT2D eigenvalue weighted by Gasteiger charge is -2.26. The van der Waals surface area contributed by atoms with Crippen molar-refractivity contribution in [2.24, 2.45) is 11.5 Å². The summed E-state index contributed by atoms with van der Waals surface area (Å²) in [5, 5.41) is 14.1. The van der Waals surface area contributed by atoms with Gasteiger partial charge in [-0.25, -0.2) is 9.97 Å². The van der Waals surface area contributed by atoms with E-state index in [4.69, 9.17) is 21.6 Å². The summed E-state index contributed by atoms with van der Waals surface area (Å²) in [7, 11) is 0. The van der Waals surface area contributed by atoms with Crippen molar-refractivity contribution >= 4 is 41.8 Å². The van der Waals surface area contributed by atoms with Gasteiger partial charge in [-0.2, -0.15) is 0 Å². The number of anilines is 2. The van der Waals surface area contributed by atoms with Crippen LogP contribution in [0.15, 0.2) is 17.3 Å². The van der Waals surface area contributed by atoms with E-state index in [0.717, 1.165) is 13.1 Å². The molecule has 1 aliphatic heterocycles. The first-order chi connectivity index (χ1) is 13.8. The Morgan fingerprint density at radius 1 is 1.41 bits per heavy atom. The van der Waals surface area contributed by atoms with Gasteiger partial charge in [-0.05, 0) is 12.5 Å². The summed E-state index contributed by atoms with van der Waals surface area (Å²) < 4.78 is 5.29. The molecule has 1 aromatic heterocycles. The largest absolute Gasteiger partial charge is 0.379 e. The van der Waals surface area contributed by atoms with Crippen molar-refractivity contribution in [1.29, 1.82) is 5.41 Å². The number of primary amides is 2. The Bertz CT molecular complexity index is 795. The molecular formula is C17H26N8O3S. The molecule has 1 saturated heterocycles. The highest BCUT2D eigenvalue weighted by atomic mass is 32.1. The smallest absolute Gasteiger partial charge is 0.271 e. The normalized spacial score (nSPS) is 16.1. The van der Waals surface area contributed by atoms with Crippen LogP contribution in [0.4, 0.5) is 11.6 Å². The number of hydrogen-bond donors (Lipinski definition) is 6. The number of morpholine rings is 1. The van der Waals surface area contributed by atoms with Crippen LogP contribution in [0.25, 0.3) is 0 Å². The summed E-state index contributed by atoms with van der Waals surface area (Å²) in [6, 6.07) is -0.635. The molecule has 1 aromatic rings. The minimum absolute atomic E-state index is 0.0576. The zero-order valence-corrected chi connectivity index (χ0v) is 17.0. The number of rotatable bonds is 10. The molecular weight excluding hydrogens is 396 g/mol. The highest BCUT2D eigenvalue weighted by molar-refractivity contribution is 7.84. The van der Waals surface area contributed by atoms with Crippen LogP contribution < -0.4 is 22.1 Å². The fourth-order valence-corrected chi connectivity index (χ4v) is 2.91. The number of aromatic nitrogens is 2. The van der Waals surface area contributed by atoms with Crippen LogP contribution in [0.2, 0.25) is 0 Å². The van der Waals surface area contributed by atoms with Gasteiger partial charge in [-0.3, -0.25) is 14.5 Å². The molecule has 2 heterocycles. The lowest BCUT2D eigenvalue weighted by molar-refractivity contribution is -0.118. The monoisotopic (exact) mass is 422 g/mol. The quantitative estimate of drug-likeness (QED) is 0.222. The lowest BCUT2D eigenvalue weighted by atomic mass is 10.2. The summed E-state index contributed by atoms with van der Waals surface area (Å²) in [4.78, 5) is 33.4. The molecule has 11 nitrogen and oxygen atoms in total. The van der Waals surface area contributed by atoms with Crippen LogP contribution >= 0.6 is 12.6 Å². The lowest BCUT2D eigenvalue weighted by Crippen LogP contribution is -2.39. The number of carbonyl (C=O) groups is 2. The summed E-state index contributed by atoms with van der Waals surface area (Å²) in [5.74, 6) is -1.01. The van der Waals surface area contributed by atoms with E-state index in [0.29, 0.717) is 36.9 Å². The summed E-state index contributed by atoms with van der Waals surface area (Å²) >= 11 is 4.32. The molecule has 2 rings (SSSR count). The Balaban J connectivity index is 2.13. The average Bonchev–Trinajstić information content (AvgIpc) is 2.66. The van der Waals surface area contributed by atoms with Crippen molar-refractivity contribution in [1.82, 2.24) is 14.9 Å². The highest BCUT2D eigenvalue weighted by Gasteiger charge is 2.17. The Kier molecular flexibility index (Phi) is 8.36. The number of thiol groups is 1. The van der Waals surface area contributed by atoms with Crippen LogP contribution in [-0.4, -0.2) is 71.3 Å². The van der Waals surface area contributed by atoms with E-state index in [1.807, 2.05) is 0 Å². The Hall–Kier alpha value is -2.70. The number of nitrogens with zero attached hydrogens (tertiary/aromatic N) is 3.